The number of aliphatic carboxylic acids is 2. The van der Waals surface area contributed by atoms with Crippen LogP contribution in [0.3, 0.4) is 0 Å². The first-order valence-electron chi connectivity index (χ1n) is 6.96. The maximum absolute atomic E-state index is 11.2. The highest BCUT2D eigenvalue weighted by atomic mass is 16.6. The van der Waals surface area contributed by atoms with Crippen molar-refractivity contribution in [2.24, 2.45) is 0 Å². The average molecular weight is 361 g/mol. The van der Waals surface area contributed by atoms with E-state index in [-0.39, 0.29) is 17.1 Å². The van der Waals surface area contributed by atoms with Gasteiger partial charge in [0.05, 0.1) is 15.4 Å². The Bertz CT molecular complexity index is 898. The number of benzene rings is 2. The van der Waals surface area contributed by atoms with Crippen molar-refractivity contribution in [2.75, 3.05) is 5.32 Å². The van der Waals surface area contributed by atoms with Crippen molar-refractivity contribution in [2.45, 2.75) is 5.92 Å². The van der Waals surface area contributed by atoms with Crippen LogP contribution in [0.25, 0.3) is 0 Å². The van der Waals surface area contributed by atoms with Gasteiger partial charge in [-0.25, -0.2) is 0 Å². The van der Waals surface area contributed by atoms with Crippen LogP contribution in [0, 0.1) is 20.2 Å². The molecule has 0 saturated heterocycles. The van der Waals surface area contributed by atoms with Gasteiger partial charge in [-0.2, -0.15) is 0 Å². The summed E-state index contributed by atoms with van der Waals surface area (Å²) in [5, 5.41) is 42.7. The maximum atomic E-state index is 11.2. The summed E-state index contributed by atoms with van der Waals surface area (Å²) in [5.41, 5.74) is -0.975. The molecule has 0 heterocycles. The number of anilines is 2. The standard InChI is InChI=1S/C15H11N3O8/c19-14(20)13(15(21)22)11-5-4-9(7-12(11)18(25)26)16-8-2-1-3-10(6-8)17(23)24/h1-7,13,16H,(H,19,20)(H,21,22). The zero-order valence-electron chi connectivity index (χ0n) is 12.9. The molecule has 0 atom stereocenters. The lowest BCUT2D eigenvalue weighted by atomic mass is 9.97. The van der Waals surface area contributed by atoms with Crippen LogP contribution in [0.4, 0.5) is 22.7 Å². The summed E-state index contributed by atoms with van der Waals surface area (Å²) < 4.78 is 0. The molecule has 0 unspecified atom stereocenters. The molecule has 0 aliphatic carbocycles. The Hall–Kier alpha value is -4.02. The number of rotatable bonds is 7. The van der Waals surface area contributed by atoms with Gasteiger partial charge in [0.1, 0.15) is 0 Å². The van der Waals surface area contributed by atoms with Crippen LogP contribution in [-0.2, 0) is 9.59 Å². The van der Waals surface area contributed by atoms with Gasteiger partial charge < -0.3 is 15.5 Å². The molecule has 2 aromatic rings. The van der Waals surface area contributed by atoms with Crippen molar-refractivity contribution in [3.63, 3.8) is 0 Å². The van der Waals surface area contributed by atoms with Gasteiger partial charge >= 0.3 is 11.9 Å². The Morgan fingerprint density at radius 2 is 1.54 bits per heavy atom. The molecule has 0 fully saturated rings. The molecule has 2 aromatic carbocycles. The molecule has 2 rings (SSSR count). The lowest BCUT2D eigenvalue weighted by Crippen LogP contribution is -2.22. The van der Waals surface area contributed by atoms with E-state index in [1.165, 1.54) is 30.3 Å². The van der Waals surface area contributed by atoms with Crippen molar-refractivity contribution in [3.05, 3.63) is 68.3 Å². The second kappa shape index (κ2) is 7.25. The number of carbonyl (C=O) groups is 2. The third-order valence-corrected chi connectivity index (χ3v) is 3.38. The molecule has 26 heavy (non-hydrogen) atoms. The molecular weight excluding hydrogens is 350 g/mol. The van der Waals surface area contributed by atoms with Gasteiger partial charge in [0.25, 0.3) is 11.4 Å². The van der Waals surface area contributed by atoms with Gasteiger partial charge in [0.15, 0.2) is 5.92 Å². The van der Waals surface area contributed by atoms with E-state index in [1.54, 1.807) is 0 Å². The normalized spacial score (nSPS) is 10.3. The Morgan fingerprint density at radius 3 is 2.08 bits per heavy atom. The molecule has 0 spiro atoms. The minimum atomic E-state index is -2.10. The van der Waals surface area contributed by atoms with Gasteiger partial charge in [-0.1, -0.05) is 6.07 Å². The van der Waals surface area contributed by atoms with Crippen LogP contribution in [0.5, 0.6) is 0 Å². The summed E-state index contributed by atoms with van der Waals surface area (Å²) in [6.45, 7) is 0. The topological polar surface area (TPSA) is 173 Å². The quantitative estimate of drug-likeness (QED) is 0.380. The lowest BCUT2D eigenvalue weighted by Gasteiger charge is -2.11. The van der Waals surface area contributed by atoms with Crippen LogP contribution in [0.2, 0.25) is 0 Å². The van der Waals surface area contributed by atoms with E-state index in [2.05, 4.69) is 5.32 Å². The van der Waals surface area contributed by atoms with Crippen molar-refractivity contribution < 1.29 is 29.6 Å². The van der Waals surface area contributed by atoms with E-state index in [4.69, 9.17) is 10.2 Å². The summed E-state index contributed by atoms with van der Waals surface area (Å²) in [5.74, 6) is -5.57. The molecule has 11 heteroatoms. The van der Waals surface area contributed by atoms with Crippen molar-refractivity contribution in [1.82, 2.24) is 0 Å². The molecule has 134 valence electrons. The summed E-state index contributed by atoms with van der Waals surface area (Å²) >= 11 is 0. The van der Waals surface area contributed by atoms with E-state index in [9.17, 15) is 29.8 Å². The molecule has 0 aliphatic rings. The van der Waals surface area contributed by atoms with Crippen LogP contribution in [-0.4, -0.2) is 32.0 Å². The van der Waals surface area contributed by atoms with E-state index in [1.807, 2.05) is 0 Å². The number of nitro benzene ring substituents is 2. The number of carboxylic acids is 2. The van der Waals surface area contributed by atoms with Gasteiger partial charge in [0.2, 0.25) is 0 Å². The Kier molecular flexibility index (Phi) is 5.11. The number of hydrogen-bond donors (Lipinski definition) is 3. The summed E-state index contributed by atoms with van der Waals surface area (Å²) in [6.07, 6.45) is 0. The Labute approximate surface area is 144 Å². The third kappa shape index (κ3) is 3.90. The zero-order valence-corrected chi connectivity index (χ0v) is 12.9. The van der Waals surface area contributed by atoms with E-state index < -0.39 is 39.0 Å². The van der Waals surface area contributed by atoms with Crippen molar-refractivity contribution in [1.29, 1.82) is 0 Å². The monoisotopic (exact) mass is 361 g/mol. The van der Waals surface area contributed by atoms with Crippen molar-refractivity contribution in [3.8, 4) is 0 Å². The molecule has 0 aromatic heterocycles. The minimum Gasteiger partial charge on any atom is -0.480 e. The highest BCUT2D eigenvalue weighted by Gasteiger charge is 2.34. The highest BCUT2D eigenvalue weighted by Crippen LogP contribution is 2.32. The molecule has 0 amide bonds. The molecular formula is C15H11N3O8. The predicted octanol–water partition coefficient (Wildman–Crippen LogP) is 2.50. The fourth-order valence-electron chi connectivity index (χ4n) is 2.26. The second-order valence-corrected chi connectivity index (χ2v) is 5.07. The van der Waals surface area contributed by atoms with Crippen LogP contribution in [0.1, 0.15) is 11.5 Å². The molecule has 11 nitrogen and oxygen atoms in total. The number of non-ortho nitro benzene ring substituents is 1. The van der Waals surface area contributed by atoms with E-state index in [0.29, 0.717) is 0 Å². The number of hydrogen-bond acceptors (Lipinski definition) is 7. The fraction of sp³-hybridized carbons (Fsp3) is 0.0667. The van der Waals surface area contributed by atoms with E-state index >= 15 is 0 Å². The average Bonchev–Trinajstić information content (AvgIpc) is 2.55. The maximum Gasteiger partial charge on any atom is 0.322 e. The highest BCUT2D eigenvalue weighted by molar-refractivity contribution is 6.00. The van der Waals surface area contributed by atoms with Crippen molar-refractivity contribution >= 4 is 34.7 Å². The zero-order chi connectivity index (χ0) is 19.4. The van der Waals surface area contributed by atoms with Crippen LogP contribution < -0.4 is 5.32 Å². The van der Waals surface area contributed by atoms with Gasteiger partial charge in [-0.3, -0.25) is 29.8 Å². The molecule has 0 bridgehead atoms. The first-order chi connectivity index (χ1) is 12.2. The smallest absolute Gasteiger partial charge is 0.322 e. The number of nitro groups is 2. The van der Waals surface area contributed by atoms with Gasteiger partial charge in [-0.15, -0.1) is 0 Å². The summed E-state index contributed by atoms with van der Waals surface area (Å²) in [6, 6.07) is 8.61. The number of carboxylic acid groups (broad SMARTS) is 2. The minimum absolute atomic E-state index is 0.135. The number of nitrogens with zero attached hydrogens (tertiary/aromatic N) is 2. The van der Waals surface area contributed by atoms with Gasteiger partial charge in [-0.05, 0) is 18.2 Å². The first kappa shape index (κ1) is 18.3. The molecule has 0 aliphatic heterocycles. The lowest BCUT2D eigenvalue weighted by molar-refractivity contribution is -0.385. The molecule has 3 N–H and O–H groups in total. The van der Waals surface area contributed by atoms with Crippen LogP contribution >= 0.6 is 0 Å². The fourth-order valence-corrected chi connectivity index (χ4v) is 2.26. The SMILES string of the molecule is O=C(O)C(C(=O)O)c1ccc(Nc2cccc([N+](=O)[O-])c2)cc1[N+](=O)[O-]. The second-order valence-electron chi connectivity index (χ2n) is 5.07. The Balaban J connectivity index is 2.44. The van der Waals surface area contributed by atoms with Gasteiger partial charge in [0, 0.05) is 29.6 Å². The number of nitrogens with one attached hydrogen (secondary N) is 1. The largest absolute Gasteiger partial charge is 0.480 e. The van der Waals surface area contributed by atoms with Crippen LogP contribution in [0.15, 0.2) is 42.5 Å². The van der Waals surface area contributed by atoms with E-state index in [0.717, 1.165) is 12.1 Å². The predicted molar refractivity (Wildman–Crippen MR) is 87.5 cm³/mol. The third-order valence-electron chi connectivity index (χ3n) is 3.38. The first-order valence-corrected chi connectivity index (χ1v) is 6.96. The molecule has 0 radical (unpaired) electrons. The summed E-state index contributed by atoms with van der Waals surface area (Å²) in [4.78, 5) is 42.7. The Morgan fingerprint density at radius 1 is 0.923 bits per heavy atom. The molecule has 0 saturated carbocycles. The summed E-state index contributed by atoms with van der Waals surface area (Å²) in [7, 11) is 0.